The number of carbonyl (C=O) groups excluding carboxylic acids is 1. The molecule has 2 aliphatic heterocycles. The average Bonchev–Trinajstić information content (AvgIpc) is 3.44. The predicted octanol–water partition coefficient (Wildman–Crippen LogP) is 4.82. The Labute approximate surface area is 212 Å². The fourth-order valence-electron chi connectivity index (χ4n) is 5.24. The van der Waals surface area contributed by atoms with Gasteiger partial charge in [-0.1, -0.05) is 17.7 Å². The highest BCUT2D eigenvalue weighted by Crippen LogP contribution is 2.28. The normalized spacial score (nSPS) is 17.7. The molecule has 0 saturated carbocycles. The minimum Gasteiger partial charge on any atom is -0.368 e. The minimum atomic E-state index is -0.0112. The van der Waals surface area contributed by atoms with Crippen LogP contribution in [0.15, 0.2) is 54.7 Å². The van der Waals surface area contributed by atoms with Gasteiger partial charge in [0.2, 0.25) is 0 Å². The third-order valence-electron chi connectivity index (χ3n) is 7.39. The number of aromatic nitrogens is 1. The number of hydrogen-bond donors (Lipinski definition) is 1. The molecular weight excluding hydrogens is 458 g/mol. The molecule has 0 aliphatic carbocycles. The maximum atomic E-state index is 12.9. The second-order valence-electron chi connectivity index (χ2n) is 9.66. The lowest BCUT2D eigenvalue weighted by molar-refractivity contribution is 0.0949. The zero-order chi connectivity index (χ0) is 24.2. The van der Waals surface area contributed by atoms with Gasteiger partial charge >= 0.3 is 0 Å². The molecule has 3 heterocycles. The molecular formula is C28H34ClN5O. The Hall–Kier alpha value is -2.83. The van der Waals surface area contributed by atoms with Crippen LogP contribution in [-0.4, -0.2) is 67.6 Å². The number of fused-ring (bicyclic) bond motifs is 1. The summed E-state index contributed by atoms with van der Waals surface area (Å²) in [6.45, 7) is 8.90. The monoisotopic (exact) mass is 491 g/mol. The van der Waals surface area contributed by atoms with Crippen LogP contribution in [-0.2, 0) is 0 Å². The van der Waals surface area contributed by atoms with E-state index in [1.807, 2.05) is 42.6 Å². The third kappa shape index (κ3) is 5.54. The summed E-state index contributed by atoms with van der Waals surface area (Å²) in [5.41, 5.74) is 1.89. The van der Waals surface area contributed by atoms with Crippen molar-refractivity contribution in [2.45, 2.75) is 32.2 Å². The summed E-state index contributed by atoms with van der Waals surface area (Å²) in [6, 6.07) is 16.5. The zero-order valence-corrected chi connectivity index (χ0v) is 21.2. The van der Waals surface area contributed by atoms with Crippen molar-refractivity contribution in [3.05, 3.63) is 65.3 Å². The Balaban J connectivity index is 1.24. The number of nitrogens with one attached hydrogen (secondary N) is 1. The van der Waals surface area contributed by atoms with Crippen LogP contribution in [0.3, 0.4) is 0 Å². The number of halogens is 1. The molecule has 6 nitrogen and oxygen atoms in total. The van der Waals surface area contributed by atoms with Crippen LogP contribution >= 0.6 is 11.6 Å². The second kappa shape index (κ2) is 10.8. The molecule has 2 fully saturated rings. The fraction of sp³-hybridized carbons (Fsp3) is 0.429. The van der Waals surface area contributed by atoms with E-state index in [4.69, 9.17) is 16.6 Å². The van der Waals surface area contributed by atoms with E-state index in [0.29, 0.717) is 18.2 Å². The number of hydrogen-bond acceptors (Lipinski definition) is 5. The number of anilines is 2. The van der Waals surface area contributed by atoms with Gasteiger partial charge in [0.05, 0.1) is 0 Å². The summed E-state index contributed by atoms with van der Waals surface area (Å²) in [7, 11) is 0. The molecule has 1 amide bonds. The van der Waals surface area contributed by atoms with E-state index in [1.54, 1.807) is 0 Å². The van der Waals surface area contributed by atoms with Crippen molar-refractivity contribution in [1.29, 1.82) is 0 Å². The maximum Gasteiger partial charge on any atom is 0.251 e. The number of carbonyl (C=O) groups is 1. The first-order valence-corrected chi connectivity index (χ1v) is 13.1. The number of likely N-dealkylation sites (tertiary alicyclic amines) is 1. The summed E-state index contributed by atoms with van der Waals surface area (Å²) in [5, 5.41) is 6.03. The van der Waals surface area contributed by atoms with E-state index in [-0.39, 0.29) is 5.91 Å². The van der Waals surface area contributed by atoms with Crippen LogP contribution in [0.5, 0.6) is 0 Å². The Bertz CT molecular complexity index is 1150. The summed E-state index contributed by atoms with van der Waals surface area (Å²) < 4.78 is 0. The minimum absolute atomic E-state index is 0.0112. The Kier molecular flexibility index (Phi) is 7.40. The lowest BCUT2D eigenvalue weighted by Gasteiger charge is -2.37. The van der Waals surface area contributed by atoms with Crippen molar-refractivity contribution < 1.29 is 4.79 Å². The van der Waals surface area contributed by atoms with Crippen LogP contribution in [0, 0.1) is 0 Å². The Morgan fingerprint density at radius 2 is 1.69 bits per heavy atom. The van der Waals surface area contributed by atoms with E-state index in [9.17, 15) is 4.79 Å². The van der Waals surface area contributed by atoms with Gasteiger partial charge < -0.3 is 20.0 Å². The number of benzene rings is 2. The summed E-state index contributed by atoms with van der Waals surface area (Å²) >= 11 is 6.05. The standard InChI is InChI=1S/C28H34ClN5O/c1-21(32-14-2-3-15-32)10-12-31-28(35)23-5-4-22-11-13-30-27(26(22)20-23)34-18-16-33(17-19-34)25-8-6-24(29)7-9-25/h4-9,11,13,20-21H,2-3,10,12,14-19H2,1H3,(H,31,35)/t21-/m1/s1. The molecule has 0 bridgehead atoms. The second-order valence-corrected chi connectivity index (χ2v) is 10.1. The summed E-state index contributed by atoms with van der Waals surface area (Å²) in [6.07, 6.45) is 5.42. The lowest BCUT2D eigenvalue weighted by Crippen LogP contribution is -2.46. The highest BCUT2D eigenvalue weighted by Gasteiger charge is 2.21. The van der Waals surface area contributed by atoms with E-state index in [2.05, 4.69) is 39.1 Å². The van der Waals surface area contributed by atoms with Gasteiger partial charge in [-0.2, -0.15) is 0 Å². The zero-order valence-electron chi connectivity index (χ0n) is 20.4. The first-order valence-electron chi connectivity index (χ1n) is 12.7. The first kappa shape index (κ1) is 23.9. The smallest absolute Gasteiger partial charge is 0.251 e. The Morgan fingerprint density at radius 1 is 0.971 bits per heavy atom. The molecule has 1 aromatic heterocycles. The van der Waals surface area contributed by atoms with Gasteiger partial charge in [0.15, 0.2) is 0 Å². The first-order chi connectivity index (χ1) is 17.1. The molecule has 1 atom stereocenters. The molecule has 1 N–H and O–H groups in total. The van der Waals surface area contributed by atoms with Crippen LogP contribution in [0.4, 0.5) is 11.5 Å². The van der Waals surface area contributed by atoms with E-state index in [1.165, 1.54) is 31.6 Å². The van der Waals surface area contributed by atoms with Crippen molar-refractivity contribution in [3.8, 4) is 0 Å². The van der Waals surface area contributed by atoms with E-state index >= 15 is 0 Å². The van der Waals surface area contributed by atoms with E-state index in [0.717, 1.165) is 54.2 Å². The van der Waals surface area contributed by atoms with Crippen molar-refractivity contribution in [2.75, 3.05) is 55.6 Å². The molecule has 2 aliphatic rings. The maximum absolute atomic E-state index is 12.9. The highest BCUT2D eigenvalue weighted by atomic mass is 35.5. The molecule has 0 radical (unpaired) electrons. The van der Waals surface area contributed by atoms with Gasteiger partial charge in [-0.05, 0) is 87.1 Å². The number of rotatable bonds is 7. The quantitative estimate of drug-likeness (QED) is 0.513. The molecule has 7 heteroatoms. The average molecular weight is 492 g/mol. The predicted molar refractivity (Wildman–Crippen MR) is 145 cm³/mol. The van der Waals surface area contributed by atoms with Crippen LogP contribution in [0.1, 0.15) is 36.5 Å². The molecule has 35 heavy (non-hydrogen) atoms. The molecule has 3 aromatic rings. The van der Waals surface area contributed by atoms with Crippen LogP contribution in [0.2, 0.25) is 5.02 Å². The highest BCUT2D eigenvalue weighted by molar-refractivity contribution is 6.30. The van der Waals surface area contributed by atoms with Gasteiger partial charge in [0.1, 0.15) is 5.82 Å². The molecule has 0 spiro atoms. The molecule has 0 unspecified atom stereocenters. The van der Waals surface area contributed by atoms with E-state index < -0.39 is 0 Å². The molecule has 184 valence electrons. The molecule has 5 rings (SSSR count). The van der Waals surface area contributed by atoms with Crippen molar-refractivity contribution in [1.82, 2.24) is 15.2 Å². The van der Waals surface area contributed by atoms with Gasteiger partial charge in [-0.3, -0.25) is 4.79 Å². The van der Waals surface area contributed by atoms with Crippen LogP contribution < -0.4 is 15.1 Å². The van der Waals surface area contributed by atoms with Crippen LogP contribution in [0.25, 0.3) is 10.8 Å². The topological polar surface area (TPSA) is 51.7 Å². The van der Waals surface area contributed by atoms with Crippen molar-refractivity contribution in [3.63, 3.8) is 0 Å². The third-order valence-corrected chi connectivity index (χ3v) is 7.64. The number of pyridine rings is 1. The lowest BCUT2D eigenvalue weighted by atomic mass is 10.1. The fourth-order valence-corrected chi connectivity index (χ4v) is 5.36. The summed E-state index contributed by atoms with van der Waals surface area (Å²) in [5.74, 6) is 0.943. The Morgan fingerprint density at radius 3 is 2.43 bits per heavy atom. The largest absolute Gasteiger partial charge is 0.368 e. The van der Waals surface area contributed by atoms with Gasteiger partial charge in [0, 0.05) is 66.6 Å². The summed E-state index contributed by atoms with van der Waals surface area (Å²) in [4.78, 5) is 24.9. The van der Waals surface area contributed by atoms with Gasteiger partial charge in [0.25, 0.3) is 5.91 Å². The molecule has 2 saturated heterocycles. The number of nitrogens with zero attached hydrogens (tertiary/aromatic N) is 4. The number of amides is 1. The van der Waals surface area contributed by atoms with Gasteiger partial charge in [-0.25, -0.2) is 4.98 Å². The van der Waals surface area contributed by atoms with Crippen molar-refractivity contribution >= 4 is 39.8 Å². The SMILES string of the molecule is C[C@H](CCNC(=O)c1ccc2ccnc(N3CCN(c4ccc(Cl)cc4)CC3)c2c1)N1CCCC1. The van der Waals surface area contributed by atoms with Gasteiger partial charge in [-0.15, -0.1) is 0 Å². The number of piperazine rings is 1. The molecule has 2 aromatic carbocycles. The van der Waals surface area contributed by atoms with Crippen molar-refractivity contribution in [2.24, 2.45) is 0 Å².